The Morgan fingerprint density at radius 1 is 1.53 bits per heavy atom. The predicted molar refractivity (Wildman–Crippen MR) is 71.7 cm³/mol. The molecule has 0 atom stereocenters. The summed E-state index contributed by atoms with van der Waals surface area (Å²) in [5, 5.41) is 13.0. The Hall–Kier alpha value is -2.33. The molecule has 0 unspecified atom stereocenters. The molecule has 6 nitrogen and oxygen atoms in total. The monoisotopic (exact) mass is 320 g/mol. The van der Waals surface area contributed by atoms with Crippen LogP contribution in [0, 0.1) is 11.3 Å². The number of aromatic nitrogens is 2. The molecule has 0 radical (unpaired) electrons. The Morgan fingerprint density at radius 3 is 2.79 bits per heavy atom. The van der Waals surface area contributed by atoms with Crippen LogP contribution in [-0.4, -0.2) is 22.9 Å². The molecule has 2 rings (SSSR count). The lowest BCUT2D eigenvalue weighted by Gasteiger charge is -2.07. The number of methoxy groups -OCH3 is 1. The molecule has 1 heterocycles. The van der Waals surface area contributed by atoms with Crippen molar-refractivity contribution in [1.29, 1.82) is 5.26 Å². The lowest BCUT2D eigenvalue weighted by atomic mass is 10.3. The standard InChI is InChI=1S/C12H9BrN4O2/c1-19-12(18)11-10(15)8(6-14)16-17(11)9-5-3-2-4-7(9)13/h2-5H,15H2,1H3. The zero-order valence-corrected chi connectivity index (χ0v) is 11.5. The number of hydrogen-bond acceptors (Lipinski definition) is 5. The molecule has 0 bridgehead atoms. The molecule has 0 aliphatic rings. The van der Waals surface area contributed by atoms with E-state index >= 15 is 0 Å². The zero-order chi connectivity index (χ0) is 14.0. The second-order valence-electron chi connectivity index (χ2n) is 3.58. The number of esters is 1. The molecule has 0 saturated carbocycles. The van der Waals surface area contributed by atoms with E-state index in [9.17, 15) is 4.79 Å². The minimum Gasteiger partial charge on any atom is -0.464 e. The van der Waals surface area contributed by atoms with Crippen LogP contribution >= 0.6 is 15.9 Å². The summed E-state index contributed by atoms with van der Waals surface area (Å²) < 4.78 is 6.68. The number of carbonyl (C=O) groups excluding carboxylic acids is 1. The number of anilines is 1. The summed E-state index contributed by atoms with van der Waals surface area (Å²) >= 11 is 3.36. The van der Waals surface area contributed by atoms with Crippen molar-refractivity contribution in [3.05, 3.63) is 40.1 Å². The number of nitrogens with zero attached hydrogens (tertiary/aromatic N) is 3. The fourth-order valence-corrected chi connectivity index (χ4v) is 2.06. The molecule has 19 heavy (non-hydrogen) atoms. The van der Waals surface area contributed by atoms with Crippen molar-refractivity contribution in [2.24, 2.45) is 0 Å². The van der Waals surface area contributed by atoms with Gasteiger partial charge in [0.15, 0.2) is 11.4 Å². The Labute approximate surface area is 117 Å². The Kier molecular flexibility index (Phi) is 3.53. The first-order valence-corrected chi connectivity index (χ1v) is 6.01. The maximum Gasteiger partial charge on any atom is 0.359 e. The summed E-state index contributed by atoms with van der Waals surface area (Å²) in [6, 6.07) is 8.98. The van der Waals surface area contributed by atoms with Crippen molar-refractivity contribution in [3.8, 4) is 11.8 Å². The Balaban J connectivity index is 2.74. The van der Waals surface area contributed by atoms with Crippen LogP contribution in [0.1, 0.15) is 16.2 Å². The molecule has 2 N–H and O–H groups in total. The number of ether oxygens (including phenoxy) is 1. The van der Waals surface area contributed by atoms with Crippen molar-refractivity contribution in [1.82, 2.24) is 9.78 Å². The largest absolute Gasteiger partial charge is 0.464 e. The average molecular weight is 321 g/mol. The summed E-state index contributed by atoms with van der Waals surface area (Å²) in [5.41, 5.74) is 6.37. The number of halogens is 1. The van der Waals surface area contributed by atoms with Crippen LogP contribution in [0.25, 0.3) is 5.69 Å². The topological polar surface area (TPSA) is 93.9 Å². The van der Waals surface area contributed by atoms with Crippen molar-refractivity contribution < 1.29 is 9.53 Å². The van der Waals surface area contributed by atoms with Crippen LogP contribution < -0.4 is 5.73 Å². The van der Waals surface area contributed by atoms with Gasteiger partial charge in [-0.15, -0.1) is 0 Å². The molecule has 0 amide bonds. The molecule has 0 spiro atoms. The highest BCUT2D eigenvalue weighted by Crippen LogP contribution is 2.26. The first-order valence-electron chi connectivity index (χ1n) is 5.22. The van der Waals surface area contributed by atoms with Crippen molar-refractivity contribution in [2.45, 2.75) is 0 Å². The number of benzene rings is 1. The summed E-state index contributed by atoms with van der Waals surface area (Å²) in [4.78, 5) is 11.8. The van der Waals surface area contributed by atoms with Crippen molar-refractivity contribution in [3.63, 3.8) is 0 Å². The minimum absolute atomic E-state index is 0.00473. The number of nitrogen functional groups attached to an aromatic ring is 1. The fraction of sp³-hybridized carbons (Fsp3) is 0.0833. The first-order chi connectivity index (χ1) is 9.10. The molecule has 0 aliphatic carbocycles. The lowest BCUT2D eigenvalue weighted by molar-refractivity contribution is 0.0591. The van der Waals surface area contributed by atoms with Gasteiger partial charge >= 0.3 is 5.97 Å². The number of para-hydroxylation sites is 1. The second-order valence-corrected chi connectivity index (χ2v) is 4.43. The van der Waals surface area contributed by atoms with Gasteiger partial charge in [-0.2, -0.15) is 10.4 Å². The first kappa shape index (κ1) is 13.1. The normalized spacial score (nSPS) is 9.95. The number of nitrogens with two attached hydrogens (primary N) is 1. The SMILES string of the molecule is COC(=O)c1c(N)c(C#N)nn1-c1ccccc1Br. The number of nitriles is 1. The van der Waals surface area contributed by atoms with Crippen LogP contribution in [0.15, 0.2) is 28.7 Å². The fourth-order valence-electron chi connectivity index (χ4n) is 1.60. The van der Waals surface area contributed by atoms with Crippen LogP contribution in [0.5, 0.6) is 0 Å². The summed E-state index contributed by atoms with van der Waals surface area (Å²) in [7, 11) is 1.24. The van der Waals surface area contributed by atoms with Crippen LogP contribution in [0.3, 0.4) is 0 Å². The molecule has 0 fully saturated rings. The lowest BCUT2D eigenvalue weighted by Crippen LogP contribution is -2.12. The molecular weight excluding hydrogens is 312 g/mol. The third kappa shape index (κ3) is 2.18. The predicted octanol–water partition coefficient (Wildman–Crippen LogP) is 1.88. The molecule has 1 aromatic heterocycles. The van der Waals surface area contributed by atoms with E-state index in [0.717, 1.165) is 0 Å². The van der Waals surface area contributed by atoms with Gasteiger partial charge in [-0.25, -0.2) is 9.48 Å². The van der Waals surface area contributed by atoms with Gasteiger partial charge in [0.1, 0.15) is 11.8 Å². The highest BCUT2D eigenvalue weighted by atomic mass is 79.9. The Morgan fingerprint density at radius 2 is 2.21 bits per heavy atom. The maximum atomic E-state index is 11.8. The number of hydrogen-bond donors (Lipinski definition) is 1. The van der Waals surface area contributed by atoms with Gasteiger partial charge in [-0.05, 0) is 28.1 Å². The maximum absolute atomic E-state index is 11.8. The molecule has 0 aliphatic heterocycles. The van der Waals surface area contributed by atoms with Crippen molar-refractivity contribution >= 4 is 27.6 Å². The molecule has 2 aromatic rings. The summed E-state index contributed by atoms with van der Waals surface area (Å²) in [5.74, 6) is -0.651. The van der Waals surface area contributed by atoms with E-state index in [1.807, 2.05) is 12.1 Å². The van der Waals surface area contributed by atoms with Gasteiger partial charge in [-0.3, -0.25) is 0 Å². The molecule has 0 saturated heterocycles. The van der Waals surface area contributed by atoms with E-state index < -0.39 is 5.97 Å². The molecule has 7 heteroatoms. The van der Waals surface area contributed by atoms with Gasteiger partial charge in [0.2, 0.25) is 0 Å². The summed E-state index contributed by atoms with van der Waals surface area (Å²) in [6.45, 7) is 0. The Bertz CT molecular complexity index is 688. The van der Waals surface area contributed by atoms with Gasteiger partial charge in [0.25, 0.3) is 0 Å². The van der Waals surface area contributed by atoms with E-state index in [2.05, 4.69) is 25.8 Å². The van der Waals surface area contributed by atoms with Crippen molar-refractivity contribution in [2.75, 3.05) is 12.8 Å². The van der Waals surface area contributed by atoms with Crippen LogP contribution in [0.2, 0.25) is 0 Å². The average Bonchev–Trinajstić information content (AvgIpc) is 2.75. The number of carbonyl (C=O) groups is 1. The van der Waals surface area contributed by atoms with E-state index in [4.69, 9.17) is 11.0 Å². The van der Waals surface area contributed by atoms with E-state index in [1.54, 1.807) is 18.2 Å². The van der Waals surface area contributed by atoms with E-state index in [0.29, 0.717) is 10.2 Å². The second kappa shape index (κ2) is 5.12. The highest BCUT2D eigenvalue weighted by molar-refractivity contribution is 9.10. The van der Waals surface area contributed by atoms with Gasteiger partial charge < -0.3 is 10.5 Å². The van der Waals surface area contributed by atoms with Crippen LogP contribution in [0.4, 0.5) is 5.69 Å². The molecule has 96 valence electrons. The van der Waals surface area contributed by atoms with E-state index in [-0.39, 0.29) is 17.1 Å². The third-order valence-electron chi connectivity index (χ3n) is 2.49. The summed E-state index contributed by atoms with van der Waals surface area (Å²) in [6.07, 6.45) is 0. The van der Waals surface area contributed by atoms with Gasteiger partial charge in [-0.1, -0.05) is 12.1 Å². The quantitative estimate of drug-likeness (QED) is 0.852. The smallest absolute Gasteiger partial charge is 0.359 e. The number of rotatable bonds is 2. The van der Waals surface area contributed by atoms with E-state index in [1.165, 1.54) is 11.8 Å². The molecule has 1 aromatic carbocycles. The van der Waals surface area contributed by atoms with Crippen LogP contribution in [-0.2, 0) is 4.74 Å². The van der Waals surface area contributed by atoms with Gasteiger partial charge in [0, 0.05) is 4.47 Å². The minimum atomic E-state index is -0.651. The zero-order valence-electron chi connectivity index (χ0n) is 9.92. The highest BCUT2D eigenvalue weighted by Gasteiger charge is 2.24. The van der Waals surface area contributed by atoms with Gasteiger partial charge in [0.05, 0.1) is 12.8 Å². The third-order valence-corrected chi connectivity index (χ3v) is 3.16. The molecular formula is C12H9BrN4O2.